The molecule has 0 aliphatic carbocycles. The van der Waals surface area contributed by atoms with Gasteiger partial charge in [0.25, 0.3) is 0 Å². The van der Waals surface area contributed by atoms with Gasteiger partial charge in [0.1, 0.15) is 23.8 Å². The summed E-state index contributed by atoms with van der Waals surface area (Å²) in [6, 6.07) is 16.8. The summed E-state index contributed by atoms with van der Waals surface area (Å²) in [7, 11) is 3.96. The van der Waals surface area contributed by atoms with Crippen LogP contribution in [0, 0.1) is 0 Å². The van der Waals surface area contributed by atoms with E-state index in [2.05, 4.69) is 68.4 Å². The first kappa shape index (κ1) is 34.7. The second-order valence-corrected chi connectivity index (χ2v) is 11.0. The summed E-state index contributed by atoms with van der Waals surface area (Å²) in [6.07, 6.45) is 7.50. The van der Waals surface area contributed by atoms with Crippen molar-refractivity contribution < 1.29 is 43.1 Å². The molecule has 0 N–H and O–H groups in total. The maximum absolute atomic E-state index is 4.38. The highest BCUT2D eigenvalue weighted by Gasteiger charge is 2.10. The Balaban J connectivity index is 0.00000294. The quantitative estimate of drug-likeness (QED) is 0.113. The van der Waals surface area contributed by atoms with E-state index in [1.807, 2.05) is 70.6 Å². The molecule has 0 fully saturated rings. The van der Waals surface area contributed by atoms with Gasteiger partial charge in [0.2, 0.25) is 0 Å². The third-order valence-electron chi connectivity index (χ3n) is 6.57. The van der Waals surface area contributed by atoms with Gasteiger partial charge in [-0.2, -0.15) is 0 Å². The molecule has 0 saturated heterocycles. The maximum Gasteiger partial charge on any atom is 0.408 e. The summed E-state index contributed by atoms with van der Waals surface area (Å²) >= 11 is 3.16. The topological polar surface area (TPSA) is 63.7 Å². The summed E-state index contributed by atoms with van der Waals surface area (Å²) in [5, 5.41) is 23.3. The van der Waals surface area contributed by atoms with Crippen molar-refractivity contribution >= 4 is 55.7 Å². The van der Waals surface area contributed by atoms with Crippen molar-refractivity contribution in [1.29, 1.82) is 0 Å². The van der Waals surface area contributed by atoms with E-state index in [1.165, 1.54) is 30.6 Å². The number of rotatable bonds is 14. The average Bonchev–Trinajstić information content (AvgIpc) is 3.58. The number of unbranched alkanes of at least 4 members (excludes halogenated alkanes) is 2. The average molecular weight is 723 g/mol. The molecule has 0 atom stereocenters. The van der Waals surface area contributed by atoms with Gasteiger partial charge in [0.05, 0.1) is 24.3 Å². The van der Waals surface area contributed by atoms with Gasteiger partial charge in [0, 0.05) is 48.3 Å². The lowest BCUT2D eigenvalue weighted by atomic mass is 10.2. The van der Waals surface area contributed by atoms with Gasteiger partial charge >= 0.3 is 10.3 Å². The molecule has 2 aromatic carbocycles. The molecule has 41 heavy (non-hydrogen) atoms. The number of halogens is 2. The molecule has 0 aliphatic rings. The van der Waals surface area contributed by atoms with Crippen LogP contribution in [0.1, 0.15) is 33.1 Å². The van der Waals surface area contributed by atoms with E-state index < -0.39 is 0 Å². The van der Waals surface area contributed by atoms with Gasteiger partial charge in [-0.15, -0.1) is 0 Å². The van der Waals surface area contributed by atoms with Crippen LogP contribution >= 0.6 is 22.7 Å². The van der Waals surface area contributed by atoms with Crippen molar-refractivity contribution in [3.63, 3.8) is 0 Å². The molecule has 2 heterocycles. The zero-order valence-electron chi connectivity index (χ0n) is 24.0. The van der Waals surface area contributed by atoms with Crippen LogP contribution < -0.4 is 52.9 Å². The molecule has 220 valence electrons. The summed E-state index contributed by atoms with van der Waals surface area (Å²) in [5.41, 5.74) is 4.21. The van der Waals surface area contributed by atoms with E-state index in [1.54, 1.807) is 22.7 Å². The molecule has 2 aromatic heterocycles. The van der Waals surface area contributed by atoms with Crippen molar-refractivity contribution in [2.75, 3.05) is 36.0 Å². The summed E-state index contributed by atoms with van der Waals surface area (Å²) in [6.45, 7) is 8.51. The minimum atomic E-state index is 0. The molecule has 12 heteroatoms. The lowest BCUT2D eigenvalue weighted by Gasteiger charge is -2.25. The minimum Gasteiger partial charge on any atom is -1.00 e. The highest BCUT2D eigenvalue weighted by molar-refractivity contribution is 7.13. The van der Waals surface area contributed by atoms with Crippen molar-refractivity contribution in [3.8, 4) is 0 Å². The summed E-state index contributed by atoms with van der Waals surface area (Å²) in [4.78, 5) is 4.86. The first-order valence-electron chi connectivity index (χ1n) is 13.5. The van der Waals surface area contributed by atoms with Crippen LogP contribution in [0.25, 0.3) is 0 Å². The third kappa shape index (κ3) is 10.4. The third-order valence-corrected chi connectivity index (χ3v) is 8.25. The van der Waals surface area contributed by atoms with E-state index in [9.17, 15) is 0 Å². The Labute approximate surface area is 272 Å². The molecule has 0 saturated carbocycles. The Morgan fingerprint density at radius 1 is 0.585 bits per heavy atom. The lowest BCUT2D eigenvalue weighted by Crippen LogP contribution is -3.00. The largest absolute Gasteiger partial charge is 1.00 e. The number of benzene rings is 2. The van der Waals surface area contributed by atoms with E-state index in [0.717, 1.165) is 47.8 Å². The van der Waals surface area contributed by atoms with Gasteiger partial charge < -0.3 is 43.8 Å². The Kier molecular flexibility index (Phi) is 15.3. The fourth-order valence-electron chi connectivity index (χ4n) is 4.23. The zero-order valence-corrected chi connectivity index (χ0v) is 28.8. The van der Waals surface area contributed by atoms with Gasteiger partial charge in [-0.05, 0) is 115 Å². The number of aromatic nitrogens is 2. The number of anilines is 2. The fraction of sp³-hybridized carbons (Fsp3) is 0.379. The van der Waals surface area contributed by atoms with Crippen LogP contribution in [0.4, 0.5) is 33.0 Å². The van der Waals surface area contributed by atoms with Crippen LogP contribution in [-0.4, -0.2) is 26.2 Å². The fourth-order valence-corrected chi connectivity index (χ4v) is 5.59. The second-order valence-electron chi connectivity index (χ2n) is 9.25. The van der Waals surface area contributed by atoms with E-state index >= 15 is 0 Å². The molecule has 0 aliphatic heterocycles. The minimum absolute atomic E-state index is 0. The predicted molar refractivity (Wildman–Crippen MR) is 162 cm³/mol. The highest BCUT2D eigenvalue weighted by atomic mass is 79.9. The predicted octanol–water partition coefficient (Wildman–Crippen LogP) is 1.82. The Hall–Kier alpha value is -2.54. The van der Waals surface area contributed by atoms with Gasteiger partial charge in [0.15, 0.2) is 0 Å². The van der Waals surface area contributed by atoms with E-state index in [-0.39, 0.29) is 34.0 Å². The Morgan fingerprint density at radius 2 is 0.976 bits per heavy atom. The Morgan fingerprint density at radius 3 is 1.29 bits per heavy atom. The molecule has 0 bridgehead atoms. The number of aryl methyl sites for hydroxylation is 2. The number of hydrogen-bond acceptors (Lipinski definition) is 8. The molecule has 0 spiro atoms. The number of nitrogens with zero attached hydrogens (tertiary/aromatic N) is 8. The van der Waals surface area contributed by atoms with Gasteiger partial charge in [-0.1, -0.05) is 0 Å². The lowest BCUT2D eigenvalue weighted by molar-refractivity contribution is -0.654. The van der Waals surface area contributed by atoms with E-state index in [4.69, 9.17) is 0 Å². The van der Waals surface area contributed by atoms with Crippen molar-refractivity contribution in [2.45, 2.75) is 33.1 Å². The van der Waals surface area contributed by atoms with Crippen molar-refractivity contribution in [2.24, 2.45) is 34.6 Å². The number of hydrogen-bond donors (Lipinski definition) is 0. The molecule has 4 rings (SSSR count). The van der Waals surface area contributed by atoms with Crippen LogP contribution in [0.15, 0.2) is 92.1 Å². The van der Waals surface area contributed by atoms with Crippen LogP contribution in [0.5, 0.6) is 0 Å². The molecule has 8 nitrogen and oxygen atoms in total. The molecule has 0 unspecified atom stereocenters. The van der Waals surface area contributed by atoms with Crippen molar-refractivity contribution in [1.82, 2.24) is 0 Å². The highest BCUT2D eigenvalue weighted by Crippen LogP contribution is 2.24. The van der Waals surface area contributed by atoms with Crippen molar-refractivity contribution in [3.05, 3.63) is 71.7 Å². The molecular weight excluding hydrogens is 684 g/mol. The first-order chi connectivity index (χ1) is 19.1. The van der Waals surface area contributed by atoms with Crippen LogP contribution in [0.3, 0.4) is 0 Å². The SMILES string of the molecule is CCN(CCCCCN(CC)c1ccc(N=Nc2scc[n+]2C)cc1)c1ccc(N=Nc2scc[n+]2C)cc1.[Br-].[Br-]. The smallest absolute Gasteiger partial charge is 0.408 e. The second kappa shape index (κ2) is 18.1. The van der Waals surface area contributed by atoms with E-state index in [0.29, 0.717) is 0 Å². The molecular formula is C29H38Br2N8S2. The molecule has 0 radical (unpaired) electrons. The molecule has 4 aromatic rings. The monoisotopic (exact) mass is 720 g/mol. The standard InChI is InChI=1S/C29H38N8S2.2BrH/c1-5-36(26-14-10-24(11-15-26)30-32-28-34(3)20-22-38-28)18-8-7-9-19-37(6-2)27-16-12-25(13-17-27)31-33-29-35(4)21-23-39-29;;/h10-17,20-23H,5-9,18-19H2,1-4H3;2*1H/q+2;;/p-2. The van der Waals surface area contributed by atoms with Gasteiger partial charge in [-0.25, -0.2) is 9.13 Å². The molecule has 0 amide bonds. The summed E-state index contributed by atoms with van der Waals surface area (Å²) in [5.74, 6) is 0. The maximum atomic E-state index is 4.38. The zero-order chi connectivity index (χ0) is 27.5. The van der Waals surface area contributed by atoms with Crippen LogP contribution in [-0.2, 0) is 14.1 Å². The normalized spacial score (nSPS) is 11.0. The first-order valence-corrected chi connectivity index (χ1v) is 15.2. The Bertz CT molecular complexity index is 1250. The summed E-state index contributed by atoms with van der Waals surface area (Å²) < 4.78 is 3.94. The van der Waals surface area contributed by atoms with Crippen LogP contribution in [0.2, 0.25) is 0 Å². The van der Waals surface area contributed by atoms with Gasteiger partial charge in [-0.3, -0.25) is 0 Å². The number of thiazole rings is 2. The number of azo groups is 2.